The fraction of sp³-hybridized carbons (Fsp3) is 0.464. The molecule has 2 aromatic carbocycles. The van der Waals surface area contributed by atoms with E-state index in [4.69, 9.17) is 15.9 Å². The van der Waals surface area contributed by atoms with Gasteiger partial charge in [-0.1, -0.05) is 49.2 Å². The van der Waals surface area contributed by atoms with Crippen molar-refractivity contribution in [1.82, 2.24) is 4.90 Å². The summed E-state index contributed by atoms with van der Waals surface area (Å²) in [5.74, 6) is 0.317. The van der Waals surface area contributed by atoms with Crippen molar-refractivity contribution in [2.45, 2.75) is 63.9 Å². The number of esters is 1. The Morgan fingerprint density at radius 2 is 1.34 bits per heavy atom. The lowest BCUT2D eigenvalue weighted by atomic mass is 9.93. The highest BCUT2D eigenvalue weighted by molar-refractivity contribution is 5.96. The zero-order valence-electron chi connectivity index (χ0n) is 20.2. The van der Waals surface area contributed by atoms with Gasteiger partial charge in [0.2, 0.25) is 0 Å². The van der Waals surface area contributed by atoms with Crippen LogP contribution in [-0.2, 0) is 9.53 Å². The molecule has 1 aliphatic heterocycles. The van der Waals surface area contributed by atoms with Crippen LogP contribution in [0, 0.1) is 11.3 Å². The van der Waals surface area contributed by atoms with Crippen LogP contribution in [0.25, 0.3) is 11.1 Å². The van der Waals surface area contributed by atoms with E-state index < -0.39 is 0 Å². The number of nitrogens with one attached hydrogen (secondary N) is 1. The van der Waals surface area contributed by atoms with E-state index in [1.807, 2.05) is 53.4 Å². The fourth-order valence-corrected chi connectivity index (χ4v) is 5.00. The molecule has 0 bridgehead atoms. The van der Waals surface area contributed by atoms with E-state index in [-0.39, 0.29) is 36.2 Å². The van der Waals surface area contributed by atoms with Crippen molar-refractivity contribution >= 4 is 30.1 Å². The van der Waals surface area contributed by atoms with E-state index in [0.717, 1.165) is 49.7 Å². The molecule has 35 heavy (non-hydrogen) atoms. The molecule has 2 fully saturated rings. The van der Waals surface area contributed by atoms with Crippen LogP contribution in [-0.4, -0.2) is 41.8 Å². The molecule has 0 aromatic heterocycles. The lowest BCUT2D eigenvalue weighted by Gasteiger charge is -2.32. The van der Waals surface area contributed by atoms with Gasteiger partial charge in [0.05, 0.1) is 0 Å². The molecule has 0 spiro atoms. The maximum atomic E-state index is 13.0. The van der Waals surface area contributed by atoms with Gasteiger partial charge in [0.25, 0.3) is 5.91 Å². The standard InChI is InChI=1S/C28H35N3O3.ClH/c29-27(30)23-11-7-21(8-12-23)22-9-13-24(14-10-22)28(33)31-17-15-20(16-18-31)19-26(32)34-25-5-3-1-2-4-6-25;/h7-14,20,25H,1-6,15-19H2,(H3,29,30);1H. The number of rotatable bonds is 6. The van der Waals surface area contributed by atoms with Gasteiger partial charge in [0.1, 0.15) is 11.9 Å². The highest BCUT2D eigenvalue weighted by atomic mass is 35.5. The number of likely N-dealkylation sites (tertiary alicyclic amines) is 1. The second kappa shape index (κ2) is 12.7. The molecule has 6 nitrogen and oxygen atoms in total. The molecule has 1 heterocycles. The minimum Gasteiger partial charge on any atom is -0.462 e. The van der Waals surface area contributed by atoms with Crippen LogP contribution in [0.1, 0.15) is 73.7 Å². The van der Waals surface area contributed by atoms with Crippen LogP contribution < -0.4 is 5.73 Å². The van der Waals surface area contributed by atoms with Gasteiger partial charge in [-0.15, -0.1) is 12.4 Å². The van der Waals surface area contributed by atoms with E-state index >= 15 is 0 Å². The van der Waals surface area contributed by atoms with Crippen LogP contribution in [0.4, 0.5) is 0 Å². The van der Waals surface area contributed by atoms with Crippen molar-refractivity contribution in [3.8, 4) is 11.1 Å². The van der Waals surface area contributed by atoms with Crippen LogP contribution in [0.5, 0.6) is 0 Å². The van der Waals surface area contributed by atoms with E-state index in [0.29, 0.717) is 36.6 Å². The van der Waals surface area contributed by atoms with Gasteiger partial charge in [-0.25, -0.2) is 0 Å². The van der Waals surface area contributed by atoms with E-state index in [1.54, 1.807) is 0 Å². The van der Waals surface area contributed by atoms with Gasteiger partial charge in [0, 0.05) is 30.6 Å². The number of amides is 1. The van der Waals surface area contributed by atoms with Crippen molar-refractivity contribution in [2.75, 3.05) is 13.1 Å². The minimum atomic E-state index is -0.0661. The maximum Gasteiger partial charge on any atom is 0.306 e. The summed E-state index contributed by atoms with van der Waals surface area (Å²) < 4.78 is 5.75. The zero-order chi connectivity index (χ0) is 23.9. The number of amidine groups is 1. The number of nitrogens with zero attached hydrogens (tertiary/aromatic N) is 1. The molecule has 1 saturated carbocycles. The topological polar surface area (TPSA) is 96.5 Å². The number of carbonyl (C=O) groups excluding carboxylic acids is 2. The third-order valence-electron chi connectivity index (χ3n) is 7.12. The first-order valence-electron chi connectivity index (χ1n) is 12.5. The molecule has 0 radical (unpaired) electrons. The number of carbonyl (C=O) groups is 2. The predicted molar refractivity (Wildman–Crippen MR) is 141 cm³/mol. The Morgan fingerprint density at radius 1 is 0.829 bits per heavy atom. The Labute approximate surface area is 214 Å². The summed E-state index contributed by atoms with van der Waals surface area (Å²) in [4.78, 5) is 27.3. The largest absolute Gasteiger partial charge is 0.462 e. The second-order valence-electron chi connectivity index (χ2n) is 9.61. The van der Waals surface area contributed by atoms with Crippen molar-refractivity contribution in [2.24, 2.45) is 11.7 Å². The molecule has 1 aliphatic carbocycles. The van der Waals surface area contributed by atoms with Crippen LogP contribution in [0.2, 0.25) is 0 Å². The second-order valence-corrected chi connectivity index (χ2v) is 9.61. The summed E-state index contributed by atoms with van der Waals surface area (Å²) >= 11 is 0. The summed E-state index contributed by atoms with van der Waals surface area (Å²) in [6, 6.07) is 15.1. The zero-order valence-corrected chi connectivity index (χ0v) is 21.0. The predicted octanol–water partition coefficient (Wildman–Crippen LogP) is 5.57. The number of nitrogens with two attached hydrogens (primary N) is 1. The lowest BCUT2D eigenvalue weighted by molar-refractivity contribution is -0.151. The summed E-state index contributed by atoms with van der Waals surface area (Å²) in [5, 5.41) is 7.50. The Balaban J connectivity index is 0.00000342. The van der Waals surface area contributed by atoms with Crippen LogP contribution in [0.3, 0.4) is 0 Å². The highest BCUT2D eigenvalue weighted by Gasteiger charge is 2.26. The van der Waals surface area contributed by atoms with Crippen LogP contribution in [0.15, 0.2) is 48.5 Å². The first-order chi connectivity index (χ1) is 16.5. The van der Waals surface area contributed by atoms with Crippen molar-refractivity contribution in [3.05, 3.63) is 59.7 Å². The smallest absolute Gasteiger partial charge is 0.306 e. The number of ether oxygens (including phenoxy) is 1. The molecule has 188 valence electrons. The summed E-state index contributed by atoms with van der Waals surface area (Å²) in [6.07, 6.45) is 9.06. The molecule has 3 N–H and O–H groups in total. The highest BCUT2D eigenvalue weighted by Crippen LogP contribution is 2.26. The number of piperidine rings is 1. The van der Waals surface area contributed by atoms with E-state index in [1.165, 1.54) is 12.8 Å². The fourth-order valence-electron chi connectivity index (χ4n) is 5.00. The lowest BCUT2D eigenvalue weighted by Crippen LogP contribution is -2.39. The van der Waals surface area contributed by atoms with E-state index in [2.05, 4.69) is 0 Å². The first-order valence-corrected chi connectivity index (χ1v) is 12.5. The number of hydrogen-bond donors (Lipinski definition) is 2. The van der Waals surface area contributed by atoms with Gasteiger partial charge in [-0.3, -0.25) is 15.0 Å². The third kappa shape index (κ3) is 7.31. The molecule has 1 amide bonds. The molecule has 1 saturated heterocycles. The molecule has 2 aromatic rings. The van der Waals surface area contributed by atoms with Crippen LogP contribution >= 0.6 is 12.4 Å². The maximum absolute atomic E-state index is 13.0. The van der Waals surface area contributed by atoms with Gasteiger partial charge in [-0.2, -0.15) is 0 Å². The quantitative estimate of drug-likeness (QED) is 0.236. The average Bonchev–Trinajstić information content (AvgIpc) is 3.13. The monoisotopic (exact) mass is 497 g/mol. The summed E-state index contributed by atoms with van der Waals surface area (Å²) in [5.41, 5.74) is 8.91. The van der Waals surface area contributed by atoms with Gasteiger partial charge < -0.3 is 15.4 Å². The number of benzene rings is 2. The molecular formula is C28H36ClN3O3. The number of nitrogen functional groups attached to an aromatic ring is 1. The van der Waals surface area contributed by atoms with Gasteiger partial charge in [0.15, 0.2) is 0 Å². The minimum absolute atomic E-state index is 0. The molecule has 0 unspecified atom stereocenters. The SMILES string of the molecule is Cl.N=C(N)c1ccc(-c2ccc(C(=O)N3CCC(CC(=O)OC4CCCCCC4)CC3)cc2)cc1. The first kappa shape index (κ1) is 26.7. The third-order valence-corrected chi connectivity index (χ3v) is 7.12. The normalized spacial score (nSPS) is 17.2. The Morgan fingerprint density at radius 3 is 1.86 bits per heavy atom. The average molecular weight is 498 g/mol. The van der Waals surface area contributed by atoms with Gasteiger partial charge >= 0.3 is 5.97 Å². The summed E-state index contributed by atoms with van der Waals surface area (Å²) in [6.45, 7) is 1.35. The molecule has 0 atom stereocenters. The number of halogens is 1. The number of hydrogen-bond acceptors (Lipinski definition) is 4. The molecular weight excluding hydrogens is 462 g/mol. The molecule has 7 heteroatoms. The molecule has 2 aliphatic rings. The Kier molecular flexibility index (Phi) is 9.73. The Bertz CT molecular complexity index is 991. The summed E-state index contributed by atoms with van der Waals surface area (Å²) in [7, 11) is 0. The van der Waals surface area contributed by atoms with Gasteiger partial charge in [-0.05, 0) is 67.7 Å². The van der Waals surface area contributed by atoms with E-state index in [9.17, 15) is 9.59 Å². The molecule has 4 rings (SSSR count). The Hall–Kier alpha value is -2.86. The van der Waals surface area contributed by atoms with Crippen molar-refractivity contribution in [3.63, 3.8) is 0 Å². The van der Waals surface area contributed by atoms with Crippen molar-refractivity contribution < 1.29 is 14.3 Å². The van der Waals surface area contributed by atoms with Crippen molar-refractivity contribution in [1.29, 1.82) is 5.41 Å².